The minimum absolute atomic E-state index is 0.113. The molecule has 0 unspecified atom stereocenters. The van der Waals surface area contributed by atoms with Crippen LogP contribution in [0.25, 0.3) is 0 Å². The van der Waals surface area contributed by atoms with Gasteiger partial charge in [-0.3, -0.25) is 0 Å². The lowest BCUT2D eigenvalue weighted by Gasteiger charge is -2.13. The third kappa shape index (κ3) is 3.11. The highest BCUT2D eigenvalue weighted by Crippen LogP contribution is 2.09. The summed E-state index contributed by atoms with van der Waals surface area (Å²) in [6, 6.07) is 5.35. The molecular formula is C12H18FN. The molecule has 78 valence electrons. The van der Waals surface area contributed by atoms with Gasteiger partial charge in [0.15, 0.2) is 0 Å². The smallest absolute Gasteiger partial charge is 0.126 e. The predicted octanol–water partition coefficient (Wildman–Crippen LogP) is 2.63. The molecule has 2 heteroatoms. The molecule has 14 heavy (non-hydrogen) atoms. The maximum Gasteiger partial charge on any atom is 0.126 e. The van der Waals surface area contributed by atoms with Crippen LogP contribution in [0.3, 0.4) is 0 Å². The van der Waals surface area contributed by atoms with Crippen molar-refractivity contribution < 1.29 is 4.39 Å². The van der Waals surface area contributed by atoms with E-state index in [0.29, 0.717) is 0 Å². The highest BCUT2D eigenvalue weighted by atomic mass is 19.1. The summed E-state index contributed by atoms with van der Waals surface area (Å²) < 4.78 is 13.0. The van der Waals surface area contributed by atoms with Crippen molar-refractivity contribution in [1.29, 1.82) is 0 Å². The van der Waals surface area contributed by atoms with E-state index in [1.165, 1.54) is 5.56 Å². The van der Waals surface area contributed by atoms with E-state index in [9.17, 15) is 4.39 Å². The first-order valence-electron chi connectivity index (χ1n) is 5.07. The highest BCUT2D eigenvalue weighted by molar-refractivity contribution is 5.24. The van der Waals surface area contributed by atoms with Crippen molar-refractivity contribution in [1.82, 2.24) is 4.90 Å². The van der Waals surface area contributed by atoms with E-state index in [1.54, 1.807) is 6.07 Å². The first-order valence-corrected chi connectivity index (χ1v) is 5.07. The zero-order valence-electron chi connectivity index (χ0n) is 9.18. The van der Waals surface area contributed by atoms with E-state index in [1.807, 2.05) is 19.1 Å². The summed E-state index contributed by atoms with van der Waals surface area (Å²) in [4.78, 5) is 2.25. The van der Waals surface area contributed by atoms with Gasteiger partial charge in [0, 0.05) is 6.54 Å². The van der Waals surface area contributed by atoms with Gasteiger partial charge < -0.3 is 4.90 Å². The minimum atomic E-state index is -0.113. The van der Waals surface area contributed by atoms with Gasteiger partial charge in [-0.25, -0.2) is 4.39 Å². The van der Waals surface area contributed by atoms with E-state index in [-0.39, 0.29) is 5.82 Å². The molecule has 0 bridgehead atoms. The molecule has 1 aromatic rings. The molecule has 0 amide bonds. The van der Waals surface area contributed by atoms with Gasteiger partial charge in [0.2, 0.25) is 0 Å². The first-order chi connectivity index (χ1) is 6.63. The fourth-order valence-corrected chi connectivity index (χ4v) is 1.34. The fraction of sp³-hybridized carbons (Fsp3) is 0.500. The first kappa shape index (κ1) is 11.2. The van der Waals surface area contributed by atoms with Gasteiger partial charge in [-0.05, 0) is 44.1 Å². The van der Waals surface area contributed by atoms with Gasteiger partial charge >= 0.3 is 0 Å². The molecule has 0 N–H and O–H groups in total. The maximum atomic E-state index is 13.0. The molecule has 1 rings (SSSR count). The second kappa shape index (κ2) is 5.11. The topological polar surface area (TPSA) is 3.24 Å². The van der Waals surface area contributed by atoms with Gasteiger partial charge in [-0.15, -0.1) is 0 Å². The number of hydrogen-bond acceptors (Lipinski definition) is 1. The van der Waals surface area contributed by atoms with Crippen LogP contribution < -0.4 is 0 Å². The van der Waals surface area contributed by atoms with Crippen molar-refractivity contribution in [2.24, 2.45) is 0 Å². The number of likely N-dealkylation sites (N-methyl/N-ethyl adjacent to an activating group) is 1. The van der Waals surface area contributed by atoms with Crippen LogP contribution in [-0.2, 0) is 6.42 Å². The lowest BCUT2D eigenvalue weighted by atomic mass is 10.1. The third-order valence-electron chi connectivity index (χ3n) is 2.54. The standard InChI is InChI=1S/C12H18FN/c1-4-14(3)8-7-11-5-6-12(13)10(2)9-11/h5-6,9H,4,7-8H2,1-3H3. The van der Waals surface area contributed by atoms with Gasteiger partial charge in [0.1, 0.15) is 5.82 Å². The molecule has 0 aliphatic carbocycles. The third-order valence-corrected chi connectivity index (χ3v) is 2.54. The largest absolute Gasteiger partial charge is 0.306 e. The average Bonchev–Trinajstić information content (AvgIpc) is 2.19. The molecule has 0 spiro atoms. The maximum absolute atomic E-state index is 13.0. The number of benzene rings is 1. The Morgan fingerprint density at radius 3 is 2.64 bits per heavy atom. The van der Waals surface area contributed by atoms with Crippen LogP contribution in [0, 0.1) is 12.7 Å². The van der Waals surface area contributed by atoms with Crippen LogP contribution >= 0.6 is 0 Å². The molecule has 0 saturated heterocycles. The number of rotatable bonds is 4. The predicted molar refractivity (Wildman–Crippen MR) is 58.0 cm³/mol. The molecule has 0 saturated carbocycles. The second-order valence-corrected chi connectivity index (χ2v) is 3.73. The molecule has 1 nitrogen and oxygen atoms in total. The van der Waals surface area contributed by atoms with Crippen LogP contribution in [0.5, 0.6) is 0 Å². The number of hydrogen-bond donors (Lipinski definition) is 0. The Hall–Kier alpha value is -0.890. The molecule has 0 aliphatic rings. The van der Waals surface area contributed by atoms with Gasteiger partial charge in [-0.2, -0.15) is 0 Å². The molecule has 0 atom stereocenters. The zero-order valence-corrected chi connectivity index (χ0v) is 9.18. The summed E-state index contributed by atoms with van der Waals surface area (Å²) in [7, 11) is 2.09. The van der Waals surface area contributed by atoms with Crippen LogP contribution in [-0.4, -0.2) is 25.0 Å². The SMILES string of the molecule is CCN(C)CCc1ccc(F)c(C)c1. The molecule has 0 fully saturated rings. The lowest BCUT2D eigenvalue weighted by molar-refractivity contribution is 0.357. The van der Waals surface area contributed by atoms with Crippen molar-refractivity contribution in [3.8, 4) is 0 Å². The van der Waals surface area contributed by atoms with Crippen LogP contribution in [0.1, 0.15) is 18.1 Å². The van der Waals surface area contributed by atoms with Crippen LogP contribution in [0.4, 0.5) is 4.39 Å². The normalized spacial score (nSPS) is 10.9. The summed E-state index contributed by atoms with van der Waals surface area (Å²) >= 11 is 0. The Kier molecular flexibility index (Phi) is 4.08. The fourth-order valence-electron chi connectivity index (χ4n) is 1.34. The summed E-state index contributed by atoms with van der Waals surface area (Å²) in [6.07, 6.45) is 0.992. The van der Waals surface area contributed by atoms with Gasteiger partial charge in [0.05, 0.1) is 0 Å². The summed E-state index contributed by atoms with van der Waals surface area (Å²) in [6.45, 7) is 6.03. The Bertz CT molecular complexity index is 296. The molecule has 1 aromatic carbocycles. The van der Waals surface area contributed by atoms with E-state index < -0.39 is 0 Å². The van der Waals surface area contributed by atoms with E-state index in [2.05, 4.69) is 18.9 Å². The Balaban J connectivity index is 2.55. The van der Waals surface area contributed by atoms with E-state index in [4.69, 9.17) is 0 Å². The molecule has 0 radical (unpaired) electrons. The Labute approximate surface area is 85.5 Å². The molecule has 0 aromatic heterocycles. The van der Waals surface area contributed by atoms with Crippen molar-refractivity contribution in [2.75, 3.05) is 20.1 Å². The van der Waals surface area contributed by atoms with Crippen molar-refractivity contribution in [2.45, 2.75) is 20.3 Å². The Morgan fingerprint density at radius 1 is 1.36 bits per heavy atom. The van der Waals surface area contributed by atoms with Gasteiger partial charge in [0.25, 0.3) is 0 Å². The van der Waals surface area contributed by atoms with Crippen LogP contribution in [0.2, 0.25) is 0 Å². The minimum Gasteiger partial charge on any atom is -0.306 e. The summed E-state index contributed by atoms with van der Waals surface area (Å²) in [5.41, 5.74) is 1.95. The van der Waals surface area contributed by atoms with E-state index >= 15 is 0 Å². The molecule has 0 heterocycles. The molecular weight excluding hydrogens is 177 g/mol. The summed E-state index contributed by atoms with van der Waals surface area (Å²) in [5.74, 6) is -0.113. The molecule has 0 aliphatic heterocycles. The van der Waals surface area contributed by atoms with Crippen molar-refractivity contribution in [3.63, 3.8) is 0 Å². The number of nitrogens with zero attached hydrogens (tertiary/aromatic N) is 1. The Morgan fingerprint density at radius 2 is 2.07 bits per heavy atom. The number of aryl methyl sites for hydroxylation is 1. The summed E-state index contributed by atoms with van der Waals surface area (Å²) in [5, 5.41) is 0. The van der Waals surface area contributed by atoms with Gasteiger partial charge in [-0.1, -0.05) is 19.1 Å². The van der Waals surface area contributed by atoms with Crippen molar-refractivity contribution in [3.05, 3.63) is 35.1 Å². The number of halogens is 1. The zero-order chi connectivity index (χ0) is 10.6. The quantitative estimate of drug-likeness (QED) is 0.714. The lowest BCUT2D eigenvalue weighted by Crippen LogP contribution is -2.20. The van der Waals surface area contributed by atoms with E-state index in [0.717, 1.165) is 25.1 Å². The van der Waals surface area contributed by atoms with Crippen LogP contribution in [0.15, 0.2) is 18.2 Å². The second-order valence-electron chi connectivity index (χ2n) is 3.73. The monoisotopic (exact) mass is 195 g/mol. The van der Waals surface area contributed by atoms with Crippen molar-refractivity contribution >= 4 is 0 Å². The highest BCUT2D eigenvalue weighted by Gasteiger charge is 2.00. The average molecular weight is 195 g/mol.